The van der Waals surface area contributed by atoms with Gasteiger partial charge < -0.3 is 15.0 Å². The molecule has 0 unspecified atom stereocenters. The fourth-order valence-corrected chi connectivity index (χ4v) is 4.58. The molecule has 0 aliphatic rings. The second-order valence-electron chi connectivity index (χ2n) is 10.8. The Hall–Kier alpha value is 0.576. The fourth-order valence-electron chi connectivity index (χ4n) is 4.58. The topological polar surface area (TPSA) is 77.4 Å². The summed E-state index contributed by atoms with van der Waals surface area (Å²) in [5.41, 5.74) is 0. The van der Waals surface area contributed by atoms with E-state index in [1.807, 2.05) is 0 Å². The van der Waals surface area contributed by atoms with Gasteiger partial charge in [-0.15, -0.1) is 0 Å². The van der Waals surface area contributed by atoms with Gasteiger partial charge in [0.1, 0.15) is 0 Å². The van der Waals surface area contributed by atoms with Crippen molar-refractivity contribution in [3.05, 3.63) is 0 Å². The zero-order valence-electron chi connectivity index (χ0n) is 25.5. The van der Waals surface area contributed by atoms with E-state index in [0.29, 0.717) is 6.42 Å². The number of aliphatic carboxylic acids is 2. The molecule has 0 atom stereocenters. The fraction of sp³-hybridized carbons (Fsp3) is 0.938. The third kappa shape index (κ3) is 46.8. The molecule has 0 rings (SSSR count). The van der Waals surface area contributed by atoms with Crippen molar-refractivity contribution in [1.29, 1.82) is 0 Å². The Balaban J connectivity index is -0.000000608. The molecule has 0 bridgehead atoms. The molecule has 0 amide bonds. The molecule has 0 heterocycles. The number of carboxylic acid groups (broad SMARTS) is 2. The van der Waals surface area contributed by atoms with E-state index in [9.17, 15) is 14.7 Å². The van der Waals surface area contributed by atoms with Crippen LogP contribution in [0.4, 0.5) is 0 Å². The van der Waals surface area contributed by atoms with Crippen molar-refractivity contribution in [2.75, 3.05) is 0 Å². The third-order valence-corrected chi connectivity index (χ3v) is 6.98. The minimum absolute atomic E-state index is 0. The molecule has 0 aromatic rings. The molecule has 0 aromatic carbocycles. The van der Waals surface area contributed by atoms with Crippen molar-refractivity contribution >= 4 is 11.9 Å². The molecular weight excluding hydrogens is 496 g/mol. The van der Waals surface area contributed by atoms with Crippen LogP contribution < -0.4 is 56.5 Å². The molecule has 0 spiro atoms. The van der Waals surface area contributed by atoms with Crippen LogP contribution in [0.5, 0.6) is 0 Å². The molecule has 0 saturated carbocycles. The quantitative estimate of drug-likeness (QED) is 0.0652. The molecule has 0 saturated heterocycles. The summed E-state index contributed by atoms with van der Waals surface area (Å²) in [6.45, 7) is 4.52. The van der Waals surface area contributed by atoms with E-state index in [1.54, 1.807) is 0 Å². The van der Waals surface area contributed by atoms with Crippen LogP contribution in [0, 0.1) is 0 Å². The average Bonchev–Trinajstić information content (AvgIpc) is 2.85. The first-order valence-electron chi connectivity index (χ1n) is 16.0. The van der Waals surface area contributed by atoms with Crippen molar-refractivity contribution < 1.29 is 71.2 Å². The molecule has 4 nitrogen and oxygen atoms in total. The van der Waals surface area contributed by atoms with E-state index < -0.39 is 11.9 Å². The van der Waals surface area contributed by atoms with E-state index in [0.717, 1.165) is 25.7 Å². The van der Waals surface area contributed by atoms with Gasteiger partial charge in [0.25, 0.3) is 0 Å². The molecule has 1 N–H and O–H groups in total. The number of carboxylic acids is 2. The minimum atomic E-state index is -0.905. The third-order valence-electron chi connectivity index (χ3n) is 6.98. The number of rotatable bonds is 28. The second-order valence-corrected chi connectivity index (χ2v) is 10.8. The van der Waals surface area contributed by atoms with Crippen LogP contribution in [-0.2, 0) is 9.59 Å². The van der Waals surface area contributed by atoms with Crippen LogP contribution >= 0.6 is 0 Å². The van der Waals surface area contributed by atoms with Gasteiger partial charge in [0.15, 0.2) is 0 Å². The monoisotopic (exact) mass is 559 g/mol. The van der Waals surface area contributed by atoms with E-state index in [1.165, 1.54) is 141 Å². The Morgan fingerprint density at radius 3 is 0.865 bits per heavy atom. The number of unbranched alkanes of at least 4 members (excludes halogenated alkanes) is 24. The Bertz CT molecular complexity index is 403. The van der Waals surface area contributed by atoms with Crippen LogP contribution in [0.25, 0.3) is 0 Å². The van der Waals surface area contributed by atoms with E-state index in [4.69, 9.17) is 5.11 Å². The normalized spacial score (nSPS) is 10.4. The zero-order chi connectivity index (χ0) is 27.0. The summed E-state index contributed by atoms with van der Waals surface area (Å²) >= 11 is 0. The molecule has 216 valence electrons. The van der Waals surface area contributed by atoms with Crippen LogP contribution in [0.1, 0.15) is 194 Å². The van der Waals surface area contributed by atoms with Gasteiger partial charge in [-0.1, -0.05) is 168 Å². The first-order valence-corrected chi connectivity index (χ1v) is 16.0. The Labute approximate surface area is 274 Å². The summed E-state index contributed by atoms with van der Waals surface area (Å²) in [5.74, 6) is -1.56. The molecule has 5 heteroatoms. The van der Waals surface area contributed by atoms with Crippen molar-refractivity contribution in [1.82, 2.24) is 0 Å². The van der Waals surface area contributed by atoms with Crippen LogP contribution in [0.15, 0.2) is 0 Å². The average molecular weight is 560 g/mol. The first-order chi connectivity index (χ1) is 17.5. The molecule has 0 aromatic heterocycles. The van der Waals surface area contributed by atoms with E-state index in [2.05, 4.69) is 13.8 Å². The van der Waals surface area contributed by atoms with E-state index in [-0.39, 0.29) is 57.8 Å². The number of carbonyl (C=O) groups excluding carboxylic acids is 1. The second kappa shape index (κ2) is 38.7. The van der Waals surface area contributed by atoms with E-state index >= 15 is 0 Å². The Kier molecular flexibility index (Phi) is 44.0. The van der Waals surface area contributed by atoms with Gasteiger partial charge in [0.2, 0.25) is 0 Å². The first kappa shape index (κ1) is 42.0. The summed E-state index contributed by atoms with van der Waals surface area (Å²) in [6.07, 6.45) is 34.2. The van der Waals surface area contributed by atoms with Crippen molar-refractivity contribution in [2.45, 2.75) is 194 Å². The maximum absolute atomic E-state index is 10.3. The van der Waals surface area contributed by atoms with Gasteiger partial charge in [-0.3, -0.25) is 4.79 Å². The van der Waals surface area contributed by atoms with Gasteiger partial charge in [0, 0.05) is 12.4 Å². The number of hydrogen-bond acceptors (Lipinski definition) is 3. The smallest absolute Gasteiger partial charge is 0.550 e. The molecule has 37 heavy (non-hydrogen) atoms. The zero-order valence-corrected chi connectivity index (χ0v) is 28.6. The SMILES string of the molecule is CCCCCCCCCCCC[13CH2][13CH2][13CH2][13C](=O)[O-].CCCCCCC[13CH2]C[13CH2]C[13CH2]C[13CH2]C[13C](=O)O.[K+]. The number of carbonyl (C=O) groups is 2. The van der Waals surface area contributed by atoms with Gasteiger partial charge in [-0.05, 0) is 19.3 Å². The summed E-state index contributed by atoms with van der Waals surface area (Å²) in [7, 11) is 0. The van der Waals surface area contributed by atoms with Crippen LogP contribution in [-0.4, -0.2) is 17.0 Å². The molecule has 0 fully saturated rings. The van der Waals surface area contributed by atoms with Crippen LogP contribution in [0.3, 0.4) is 0 Å². The molecule has 0 aliphatic heterocycles. The predicted molar refractivity (Wildman–Crippen MR) is 153 cm³/mol. The number of hydrogen-bond donors (Lipinski definition) is 1. The summed E-state index contributed by atoms with van der Waals surface area (Å²) in [4.78, 5) is 20.5. The predicted octanol–water partition coefficient (Wildman–Crippen LogP) is 6.77. The summed E-state index contributed by atoms with van der Waals surface area (Å²) in [6, 6.07) is 0. The van der Waals surface area contributed by atoms with Crippen LogP contribution in [0.2, 0.25) is 0 Å². The standard InChI is InChI=1S/2C16H32O2.K/c2*1-2-3-4-5-6-7-8-9-10-11-12-13-14-15-16(17)18;/h2*2-15H2,1H3,(H,17,18);/q;;+1/p-1/i8+1,10+1,12+1,14+1,16+1;13+1,14+1,15+1,16+1;. The Morgan fingerprint density at radius 2 is 0.649 bits per heavy atom. The largest absolute Gasteiger partial charge is 1.00 e. The van der Waals surface area contributed by atoms with Gasteiger partial charge in [-0.25, -0.2) is 0 Å². The summed E-state index contributed by atoms with van der Waals surface area (Å²) < 4.78 is 0. The van der Waals surface area contributed by atoms with Crippen molar-refractivity contribution in [3.8, 4) is 0 Å². The molecule has 0 radical (unpaired) electrons. The molecule has 0 aliphatic carbocycles. The van der Waals surface area contributed by atoms with Gasteiger partial charge >= 0.3 is 57.4 Å². The molecular formula is C32H63KO4. The van der Waals surface area contributed by atoms with Crippen molar-refractivity contribution in [2.24, 2.45) is 0 Å². The maximum atomic E-state index is 10.3. The van der Waals surface area contributed by atoms with Gasteiger partial charge in [-0.2, -0.15) is 0 Å². The van der Waals surface area contributed by atoms with Gasteiger partial charge in [0.05, 0.1) is 0 Å². The summed E-state index contributed by atoms with van der Waals surface area (Å²) in [5, 5.41) is 18.7. The Morgan fingerprint density at radius 1 is 0.432 bits per heavy atom. The maximum Gasteiger partial charge on any atom is 1.00 e. The minimum Gasteiger partial charge on any atom is -0.550 e. The van der Waals surface area contributed by atoms with Crippen molar-refractivity contribution in [3.63, 3.8) is 0 Å².